The third kappa shape index (κ3) is 5.22. The fraction of sp³-hybridized carbons (Fsp3) is 0.227. The lowest BCUT2D eigenvalue weighted by Gasteiger charge is -2.17. The van der Waals surface area contributed by atoms with Crippen molar-refractivity contribution in [1.82, 2.24) is 15.8 Å². The monoisotopic (exact) mass is 393 g/mol. The second-order valence-corrected chi connectivity index (χ2v) is 6.68. The maximum Gasteiger partial charge on any atom is 0.279 e. The summed E-state index contributed by atoms with van der Waals surface area (Å²) in [6.45, 7) is 5.52. The standard InChI is InChI=1S/C22H23N3O4/c1-14-8-7-11-19(15(14)2)29-16(3)21(27)25-24-20(26)12-18-13-28-22(23-18)17-9-5-4-6-10-17/h4-11,13,16H,12H2,1-3H3,(H,24,26)(H,25,27). The van der Waals surface area contributed by atoms with Crippen LogP contribution in [0.3, 0.4) is 0 Å². The average molecular weight is 393 g/mol. The van der Waals surface area contributed by atoms with Crippen LogP contribution in [-0.2, 0) is 16.0 Å². The van der Waals surface area contributed by atoms with Gasteiger partial charge in [0.05, 0.1) is 12.1 Å². The Labute approximate surface area is 169 Å². The van der Waals surface area contributed by atoms with Crippen LogP contribution < -0.4 is 15.6 Å². The number of rotatable bonds is 6. The minimum atomic E-state index is -0.771. The molecule has 2 amide bonds. The average Bonchev–Trinajstić information content (AvgIpc) is 3.18. The molecular weight excluding hydrogens is 370 g/mol. The quantitative estimate of drug-likeness (QED) is 0.628. The van der Waals surface area contributed by atoms with Crippen LogP contribution in [0.1, 0.15) is 23.7 Å². The van der Waals surface area contributed by atoms with Crippen molar-refractivity contribution in [2.45, 2.75) is 33.3 Å². The minimum Gasteiger partial charge on any atom is -0.481 e. The van der Waals surface area contributed by atoms with Crippen LogP contribution >= 0.6 is 0 Å². The van der Waals surface area contributed by atoms with Crippen LogP contribution in [0.2, 0.25) is 0 Å². The SMILES string of the molecule is Cc1cccc(OC(C)C(=O)NNC(=O)Cc2coc(-c3ccccc3)n2)c1C. The van der Waals surface area contributed by atoms with Gasteiger partial charge in [-0.2, -0.15) is 0 Å². The lowest BCUT2D eigenvalue weighted by atomic mass is 10.1. The lowest BCUT2D eigenvalue weighted by molar-refractivity contribution is -0.132. The van der Waals surface area contributed by atoms with Gasteiger partial charge in [-0.15, -0.1) is 0 Å². The van der Waals surface area contributed by atoms with E-state index in [2.05, 4.69) is 15.8 Å². The molecule has 0 aliphatic heterocycles. The molecule has 0 saturated heterocycles. The highest BCUT2D eigenvalue weighted by Gasteiger charge is 2.17. The number of hydrogen-bond donors (Lipinski definition) is 2. The van der Waals surface area contributed by atoms with Gasteiger partial charge in [0.25, 0.3) is 5.91 Å². The van der Waals surface area contributed by atoms with E-state index in [1.54, 1.807) is 13.0 Å². The summed E-state index contributed by atoms with van der Waals surface area (Å²) in [7, 11) is 0. The fourth-order valence-corrected chi connectivity index (χ4v) is 2.64. The van der Waals surface area contributed by atoms with Gasteiger partial charge >= 0.3 is 0 Å². The second kappa shape index (κ2) is 9.05. The number of hydrazine groups is 1. The topological polar surface area (TPSA) is 93.5 Å². The van der Waals surface area contributed by atoms with Gasteiger partial charge in [0.15, 0.2) is 6.10 Å². The Morgan fingerprint density at radius 1 is 1.07 bits per heavy atom. The maximum absolute atomic E-state index is 12.2. The van der Waals surface area contributed by atoms with E-state index in [4.69, 9.17) is 9.15 Å². The van der Waals surface area contributed by atoms with E-state index in [0.29, 0.717) is 17.3 Å². The zero-order valence-electron chi connectivity index (χ0n) is 16.6. The van der Waals surface area contributed by atoms with E-state index in [9.17, 15) is 9.59 Å². The van der Waals surface area contributed by atoms with Crippen LogP contribution in [0.4, 0.5) is 0 Å². The number of aromatic nitrogens is 1. The van der Waals surface area contributed by atoms with Gasteiger partial charge in [0.2, 0.25) is 11.8 Å². The Kier molecular flexibility index (Phi) is 6.29. The second-order valence-electron chi connectivity index (χ2n) is 6.68. The van der Waals surface area contributed by atoms with Crippen LogP contribution in [0.25, 0.3) is 11.5 Å². The highest BCUT2D eigenvalue weighted by Crippen LogP contribution is 2.21. The Bertz CT molecular complexity index is 998. The molecule has 29 heavy (non-hydrogen) atoms. The highest BCUT2D eigenvalue weighted by atomic mass is 16.5. The van der Waals surface area contributed by atoms with Crippen LogP contribution in [0, 0.1) is 13.8 Å². The summed E-state index contributed by atoms with van der Waals surface area (Å²) in [5.41, 5.74) is 8.08. The van der Waals surface area contributed by atoms with Gasteiger partial charge in [-0.25, -0.2) is 4.98 Å². The number of hydrogen-bond acceptors (Lipinski definition) is 5. The third-order valence-electron chi connectivity index (χ3n) is 4.47. The van der Waals surface area contributed by atoms with Gasteiger partial charge in [0.1, 0.15) is 12.0 Å². The van der Waals surface area contributed by atoms with Crippen LogP contribution in [0.5, 0.6) is 5.75 Å². The molecule has 0 spiro atoms. The maximum atomic E-state index is 12.2. The number of carbonyl (C=O) groups is 2. The van der Waals surface area contributed by atoms with E-state index in [1.165, 1.54) is 6.26 Å². The number of amides is 2. The molecule has 3 aromatic rings. The molecule has 7 nitrogen and oxygen atoms in total. The molecule has 1 unspecified atom stereocenters. The van der Waals surface area contributed by atoms with Crippen molar-refractivity contribution in [1.29, 1.82) is 0 Å². The van der Waals surface area contributed by atoms with Crippen molar-refractivity contribution in [3.05, 3.63) is 71.6 Å². The summed E-state index contributed by atoms with van der Waals surface area (Å²) >= 11 is 0. The first-order valence-electron chi connectivity index (χ1n) is 9.25. The number of oxazole rings is 1. The van der Waals surface area contributed by atoms with Crippen molar-refractivity contribution in [3.63, 3.8) is 0 Å². The first kappa shape index (κ1) is 20.1. The lowest BCUT2D eigenvalue weighted by Crippen LogP contribution is -2.47. The van der Waals surface area contributed by atoms with Crippen molar-refractivity contribution in [2.24, 2.45) is 0 Å². The van der Waals surface area contributed by atoms with Gasteiger partial charge in [-0.1, -0.05) is 30.3 Å². The molecule has 0 aliphatic rings. The number of nitrogens with one attached hydrogen (secondary N) is 2. The highest BCUT2D eigenvalue weighted by molar-refractivity contribution is 5.85. The molecule has 0 radical (unpaired) electrons. The molecule has 2 N–H and O–H groups in total. The number of benzene rings is 2. The number of nitrogens with zero attached hydrogens (tertiary/aromatic N) is 1. The normalized spacial score (nSPS) is 11.6. The molecule has 3 rings (SSSR count). The summed E-state index contributed by atoms with van der Waals surface area (Å²) < 4.78 is 11.1. The molecule has 0 saturated carbocycles. The predicted octanol–water partition coefficient (Wildman–Crippen LogP) is 3.12. The summed E-state index contributed by atoms with van der Waals surface area (Å²) in [4.78, 5) is 28.6. The molecule has 0 bridgehead atoms. The molecule has 150 valence electrons. The van der Waals surface area contributed by atoms with Crippen molar-refractivity contribution in [2.75, 3.05) is 0 Å². The number of carbonyl (C=O) groups excluding carboxylic acids is 2. The first-order chi connectivity index (χ1) is 13.9. The molecule has 2 aromatic carbocycles. The Morgan fingerprint density at radius 2 is 1.83 bits per heavy atom. The van der Waals surface area contributed by atoms with Crippen molar-refractivity contribution < 1.29 is 18.7 Å². The Morgan fingerprint density at radius 3 is 2.59 bits per heavy atom. The molecule has 0 aliphatic carbocycles. The fourth-order valence-electron chi connectivity index (χ4n) is 2.64. The molecular formula is C22H23N3O4. The van der Waals surface area contributed by atoms with Crippen molar-refractivity contribution in [3.8, 4) is 17.2 Å². The van der Waals surface area contributed by atoms with Gasteiger partial charge in [-0.3, -0.25) is 20.4 Å². The molecule has 1 heterocycles. The summed E-state index contributed by atoms with van der Waals surface area (Å²) in [5, 5.41) is 0. The van der Waals surface area contributed by atoms with E-state index in [-0.39, 0.29) is 6.42 Å². The zero-order chi connectivity index (χ0) is 20.8. The summed E-state index contributed by atoms with van der Waals surface area (Å²) in [6.07, 6.45) is 0.631. The summed E-state index contributed by atoms with van der Waals surface area (Å²) in [6, 6.07) is 15.0. The third-order valence-corrected chi connectivity index (χ3v) is 4.47. The number of ether oxygens (including phenoxy) is 1. The Hall–Kier alpha value is -3.61. The van der Waals surface area contributed by atoms with Crippen LogP contribution in [0.15, 0.2) is 59.2 Å². The van der Waals surface area contributed by atoms with Gasteiger partial charge in [-0.05, 0) is 50.1 Å². The van der Waals surface area contributed by atoms with E-state index < -0.39 is 17.9 Å². The summed E-state index contributed by atoms with van der Waals surface area (Å²) in [5.74, 6) is 0.206. The smallest absolute Gasteiger partial charge is 0.279 e. The molecule has 0 fully saturated rings. The minimum absolute atomic E-state index is 0.0250. The van der Waals surface area contributed by atoms with E-state index in [0.717, 1.165) is 16.7 Å². The first-order valence-corrected chi connectivity index (χ1v) is 9.25. The van der Waals surface area contributed by atoms with Gasteiger partial charge in [0, 0.05) is 5.56 Å². The van der Waals surface area contributed by atoms with E-state index in [1.807, 2.05) is 56.3 Å². The zero-order valence-corrected chi connectivity index (χ0v) is 16.6. The van der Waals surface area contributed by atoms with Crippen molar-refractivity contribution >= 4 is 11.8 Å². The molecule has 7 heteroatoms. The number of aryl methyl sites for hydroxylation is 1. The predicted molar refractivity (Wildman–Crippen MR) is 108 cm³/mol. The molecule has 1 atom stereocenters. The largest absolute Gasteiger partial charge is 0.481 e. The molecule has 1 aromatic heterocycles. The van der Waals surface area contributed by atoms with E-state index >= 15 is 0 Å². The van der Waals surface area contributed by atoms with Gasteiger partial charge < -0.3 is 9.15 Å². The Balaban J connectivity index is 1.49. The van der Waals surface area contributed by atoms with Crippen LogP contribution in [-0.4, -0.2) is 22.9 Å².